The van der Waals surface area contributed by atoms with Crippen LogP contribution in [0.1, 0.15) is 37.5 Å². The molecule has 4 aromatic rings. The lowest BCUT2D eigenvalue weighted by atomic mass is 10.0. The molecule has 0 fully saturated rings. The predicted molar refractivity (Wildman–Crippen MR) is 154 cm³/mol. The molecule has 9 nitrogen and oxygen atoms in total. The van der Waals surface area contributed by atoms with Gasteiger partial charge in [0.2, 0.25) is 12.1 Å². The molecule has 3 amide bonds. The van der Waals surface area contributed by atoms with Gasteiger partial charge in [0.25, 0.3) is 5.91 Å². The fourth-order valence-electron chi connectivity index (χ4n) is 4.60. The number of aliphatic imine (C=N–C) groups is 1. The second-order valence-electron chi connectivity index (χ2n) is 10.6. The van der Waals surface area contributed by atoms with Crippen molar-refractivity contribution in [3.05, 3.63) is 102 Å². The molecule has 1 unspecified atom stereocenters. The quantitative estimate of drug-likeness (QED) is 0.288. The molecule has 9 heteroatoms. The van der Waals surface area contributed by atoms with E-state index in [9.17, 15) is 14.4 Å². The number of aromatic nitrogens is 1. The fourth-order valence-corrected chi connectivity index (χ4v) is 4.60. The standard InChI is InChI=1S/C31H31N5O4/c1-31(2,3)40-30(39)34-25(17-20-18-32-23-15-9-7-13-21(20)23)28(37)36-27-29(38)33-24-16-10-8-14-22(24)26(35-27)19-11-5-4-6-12-19/h4-16,18,25,27,32H,17H2,1-3H3,(H,33,38)(H,34,39)(H,36,37)/t25-,27?/m1/s1. The van der Waals surface area contributed by atoms with Crippen LogP contribution in [0.4, 0.5) is 10.5 Å². The smallest absolute Gasteiger partial charge is 0.408 e. The van der Waals surface area contributed by atoms with E-state index in [1.807, 2.05) is 79.0 Å². The summed E-state index contributed by atoms with van der Waals surface area (Å²) >= 11 is 0. The molecular weight excluding hydrogens is 506 g/mol. The first-order valence-electron chi connectivity index (χ1n) is 13.1. The number of benzodiazepines with no additional fused rings is 1. The topological polar surface area (TPSA) is 125 Å². The van der Waals surface area contributed by atoms with Gasteiger partial charge in [-0.1, -0.05) is 66.7 Å². The normalized spacial score (nSPS) is 15.7. The second-order valence-corrected chi connectivity index (χ2v) is 10.6. The maximum absolute atomic E-state index is 13.7. The van der Waals surface area contributed by atoms with Crippen molar-refractivity contribution in [3.63, 3.8) is 0 Å². The Morgan fingerprint density at radius 1 is 0.975 bits per heavy atom. The minimum atomic E-state index is -1.24. The van der Waals surface area contributed by atoms with Gasteiger partial charge in [0.15, 0.2) is 0 Å². The number of H-pyrrole nitrogens is 1. The average molecular weight is 538 g/mol. The van der Waals surface area contributed by atoms with Gasteiger partial charge in [0.1, 0.15) is 11.6 Å². The third-order valence-corrected chi connectivity index (χ3v) is 6.38. The third-order valence-electron chi connectivity index (χ3n) is 6.38. The third kappa shape index (κ3) is 6.04. The van der Waals surface area contributed by atoms with E-state index in [2.05, 4.69) is 20.9 Å². The number of ether oxygens (including phenoxy) is 1. The number of carbonyl (C=O) groups is 3. The average Bonchev–Trinajstić information content (AvgIpc) is 3.27. The van der Waals surface area contributed by atoms with Gasteiger partial charge in [-0.05, 0) is 38.5 Å². The first-order chi connectivity index (χ1) is 19.2. The van der Waals surface area contributed by atoms with Gasteiger partial charge in [-0.2, -0.15) is 0 Å². The zero-order valence-electron chi connectivity index (χ0n) is 22.5. The first-order valence-corrected chi connectivity index (χ1v) is 13.1. The fraction of sp³-hybridized carbons (Fsp3) is 0.226. The second kappa shape index (κ2) is 11.1. The van der Waals surface area contributed by atoms with Gasteiger partial charge in [0.05, 0.1) is 11.4 Å². The number of hydrogen-bond donors (Lipinski definition) is 4. The molecule has 0 bridgehead atoms. The summed E-state index contributed by atoms with van der Waals surface area (Å²) in [5.41, 5.74) is 3.68. The van der Waals surface area contributed by atoms with Gasteiger partial charge >= 0.3 is 6.09 Å². The Bertz CT molecular complexity index is 1590. The summed E-state index contributed by atoms with van der Waals surface area (Å²) in [7, 11) is 0. The van der Waals surface area contributed by atoms with E-state index in [1.165, 1.54) is 0 Å². The summed E-state index contributed by atoms with van der Waals surface area (Å²) < 4.78 is 5.43. The number of anilines is 1. The molecule has 2 atom stereocenters. The van der Waals surface area contributed by atoms with Crippen LogP contribution >= 0.6 is 0 Å². The van der Waals surface area contributed by atoms with Crippen molar-refractivity contribution in [1.82, 2.24) is 15.6 Å². The Hall–Kier alpha value is -4.92. The largest absolute Gasteiger partial charge is 0.444 e. The maximum atomic E-state index is 13.7. The lowest BCUT2D eigenvalue weighted by Gasteiger charge is -2.24. The van der Waals surface area contributed by atoms with Gasteiger partial charge in [-0.15, -0.1) is 0 Å². The molecule has 3 aromatic carbocycles. The van der Waals surface area contributed by atoms with Gasteiger partial charge < -0.3 is 25.7 Å². The summed E-state index contributed by atoms with van der Waals surface area (Å²) in [5, 5.41) is 9.24. The molecule has 40 heavy (non-hydrogen) atoms. The number of amides is 3. The van der Waals surface area contributed by atoms with Crippen molar-refractivity contribution in [2.24, 2.45) is 4.99 Å². The van der Waals surface area contributed by atoms with E-state index < -0.39 is 35.7 Å². The van der Waals surface area contributed by atoms with Crippen molar-refractivity contribution in [3.8, 4) is 0 Å². The van der Waals surface area contributed by atoms with Crippen molar-refractivity contribution < 1.29 is 19.1 Å². The van der Waals surface area contributed by atoms with Gasteiger partial charge in [-0.25, -0.2) is 9.79 Å². The van der Waals surface area contributed by atoms with Crippen LogP contribution in [0.5, 0.6) is 0 Å². The summed E-state index contributed by atoms with van der Waals surface area (Å²) in [6.45, 7) is 5.23. The van der Waals surface area contributed by atoms with Crippen LogP contribution in [0.15, 0.2) is 90.1 Å². The van der Waals surface area contributed by atoms with Crippen LogP contribution in [0.2, 0.25) is 0 Å². The minimum Gasteiger partial charge on any atom is -0.444 e. The highest BCUT2D eigenvalue weighted by atomic mass is 16.6. The number of hydrogen-bond acceptors (Lipinski definition) is 5. The zero-order valence-corrected chi connectivity index (χ0v) is 22.5. The highest BCUT2D eigenvalue weighted by Crippen LogP contribution is 2.24. The molecular formula is C31H31N5O4. The summed E-state index contributed by atoms with van der Waals surface area (Å²) in [5.74, 6) is -1.06. The summed E-state index contributed by atoms with van der Waals surface area (Å²) in [4.78, 5) is 47.6. The lowest BCUT2D eigenvalue weighted by molar-refractivity contribution is -0.127. The highest BCUT2D eigenvalue weighted by Gasteiger charge is 2.31. The molecule has 0 saturated carbocycles. The van der Waals surface area contributed by atoms with Crippen LogP contribution in [0.25, 0.3) is 10.9 Å². The van der Waals surface area contributed by atoms with Crippen molar-refractivity contribution in [1.29, 1.82) is 0 Å². The predicted octanol–water partition coefficient (Wildman–Crippen LogP) is 4.54. The van der Waals surface area contributed by atoms with Crippen LogP contribution in [-0.4, -0.2) is 46.4 Å². The maximum Gasteiger partial charge on any atom is 0.408 e. The van der Waals surface area contributed by atoms with E-state index in [4.69, 9.17) is 9.73 Å². The Morgan fingerprint density at radius 2 is 1.68 bits per heavy atom. The highest BCUT2D eigenvalue weighted by molar-refractivity contribution is 6.19. The molecule has 0 spiro atoms. The molecule has 1 aliphatic heterocycles. The van der Waals surface area contributed by atoms with Crippen molar-refractivity contribution in [2.45, 2.75) is 45.0 Å². The van der Waals surface area contributed by atoms with E-state index in [0.29, 0.717) is 11.4 Å². The number of rotatable bonds is 6. The van der Waals surface area contributed by atoms with Gasteiger partial charge in [-0.3, -0.25) is 9.59 Å². The van der Waals surface area contributed by atoms with E-state index in [-0.39, 0.29) is 6.42 Å². The molecule has 204 valence electrons. The van der Waals surface area contributed by atoms with E-state index in [0.717, 1.165) is 27.6 Å². The van der Waals surface area contributed by atoms with Crippen molar-refractivity contribution in [2.75, 3.05) is 5.32 Å². The van der Waals surface area contributed by atoms with E-state index in [1.54, 1.807) is 26.8 Å². The number of nitrogens with one attached hydrogen (secondary N) is 4. The number of aromatic amines is 1. The Balaban J connectivity index is 1.46. The van der Waals surface area contributed by atoms with Crippen molar-refractivity contribution >= 4 is 40.2 Å². The zero-order chi connectivity index (χ0) is 28.3. The molecule has 0 aliphatic carbocycles. The minimum absolute atomic E-state index is 0.166. The van der Waals surface area contributed by atoms with Crippen LogP contribution in [-0.2, 0) is 20.7 Å². The van der Waals surface area contributed by atoms with Crippen LogP contribution in [0.3, 0.4) is 0 Å². The Kier molecular flexibility index (Phi) is 7.37. The number of benzene rings is 3. The Labute approximate surface area is 232 Å². The molecule has 0 radical (unpaired) electrons. The van der Waals surface area contributed by atoms with E-state index >= 15 is 0 Å². The molecule has 5 rings (SSSR count). The lowest BCUT2D eigenvalue weighted by Crippen LogP contribution is -2.53. The van der Waals surface area contributed by atoms with Gasteiger partial charge in [0, 0.05) is 34.6 Å². The molecule has 0 saturated heterocycles. The Morgan fingerprint density at radius 3 is 2.45 bits per heavy atom. The number of carbonyl (C=O) groups excluding carboxylic acids is 3. The number of para-hydroxylation sites is 2. The molecule has 1 aliphatic rings. The SMILES string of the molecule is CC(C)(C)OC(=O)N[C@H](Cc1c[nH]c2ccccc12)C(=O)NC1N=C(c2ccccc2)c2ccccc2NC1=O. The number of fused-ring (bicyclic) bond motifs is 2. The molecule has 2 heterocycles. The monoisotopic (exact) mass is 537 g/mol. The number of alkyl carbamates (subject to hydrolysis) is 1. The summed E-state index contributed by atoms with van der Waals surface area (Å²) in [6.07, 6.45) is 0.00100. The number of nitrogens with zero attached hydrogens (tertiary/aromatic N) is 1. The van der Waals surface area contributed by atoms with Crippen LogP contribution < -0.4 is 16.0 Å². The molecule has 1 aromatic heterocycles. The summed E-state index contributed by atoms with van der Waals surface area (Å²) in [6, 6.07) is 23.5. The molecule has 4 N–H and O–H groups in total. The first kappa shape index (κ1) is 26.7. The van der Waals surface area contributed by atoms with Crippen LogP contribution in [0, 0.1) is 0 Å².